The first-order valence-corrected chi connectivity index (χ1v) is 7.63. The number of hydrogen-bond donors (Lipinski definition) is 1. The zero-order valence-corrected chi connectivity index (χ0v) is 13.6. The third-order valence-electron chi connectivity index (χ3n) is 4.48. The molecule has 1 N–H and O–H groups in total. The molecule has 2 saturated heterocycles. The van der Waals surface area contributed by atoms with Crippen LogP contribution in [0.2, 0.25) is 0 Å². The van der Waals surface area contributed by atoms with Gasteiger partial charge < -0.3 is 10.2 Å². The Morgan fingerprint density at radius 3 is 2.35 bits per heavy atom. The minimum atomic E-state index is -0.456. The Balaban J connectivity index is 0.00000192. The highest BCUT2D eigenvalue weighted by molar-refractivity contribution is 5.94. The molecular formula is C15H21ClN4O3. The molecule has 2 aliphatic heterocycles. The number of carbonyl (C=O) groups is 1. The van der Waals surface area contributed by atoms with Crippen LogP contribution in [0.15, 0.2) is 24.3 Å². The van der Waals surface area contributed by atoms with Crippen LogP contribution in [-0.4, -0.2) is 65.9 Å². The number of benzene rings is 1. The maximum absolute atomic E-state index is 12.4. The van der Waals surface area contributed by atoms with E-state index in [1.807, 2.05) is 4.90 Å². The highest BCUT2D eigenvalue weighted by Crippen LogP contribution is 2.16. The van der Waals surface area contributed by atoms with E-state index >= 15 is 0 Å². The van der Waals surface area contributed by atoms with Gasteiger partial charge in [-0.05, 0) is 25.1 Å². The summed E-state index contributed by atoms with van der Waals surface area (Å²) in [5.74, 6) is -0.0425. The number of halogens is 1. The summed E-state index contributed by atoms with van der Waals surface area (Å²) in [6.45, 7) is 5.33. The van der Waals surface area contributed by atoms with Crippen molar-refractivity contribution in [3.8, 4) is 0 Å². The van der Waals surface area contributed by atoms with Crippen LogP contribution in [0, 0.1) is 10.1 Å². The molecule has 1 atom stereocenters. The molecule has 2 fully saturated rings. The van der Waals surface area contributed by atoms with Crippen LogP contribution in [0.5, 0.6) is 0 Å². The van der Waals surface area contributed by atoms with Crippen molar-refractivity contribution in [1.29, 1.82) is 0 Å². The summed E-state index contributed by atoms with van der Waals surface area (Å²) in [6.07, 6.45) is 1.18. The van der Waals surface area contributed by atoms with E-state index in [0.29, 0.717) is 24.7 Å². The number of nitrogens with zero attached hydrogens (tertiary/aromatic N) is 3. The van der Waals surface area contributed by atoms with E-state index in [-0.39, 0.29) is 24.0 Å². The summed E-state index contributed by atoms with van der Waals surface area (Å²) < 4.78 is 0. The van der Waals surface area contributed by atoms with Crippen molar-refractivity contribution in [1.82, 2.24) is 15.1 Å². The number of non-ortho nitro benzene ring substituents is 1. The zero-order chi connectivity index (χ0) is 15.5. The monoisotopic (exact) mass is 340 g/mol. The fourth-order valence-corrected chi connectivity index (χ4v) is 3.15. The van der Waals surface area contributed by atoms with Crippen molar-refractivity contribution >= 4 is 24.0 Å². The van der Waals surface area contributed by atoms with Gasteiger partial charge in [0, 0.05) is 56.5 Å². The van der Waals surface area contributed by atoms with Gasteiger partial charge in [0.2, 0.25) is 0 Å². The second kappa shape index (κ2) is 7.72. The molecule has 0 aromatic heterocycles. The maximum Gasteiger partial charge on any atom is 0.269 e. The fraction of sp³-hybridized carbons (Fsp3) is 0.533. The van der Waals surface area contributed by atoms with Crippen LogP contribution in [0.25, 0.3) is 0 Å². The number of rotatable bonds is 3. The molecule has 8 heteroatoms. The van der Waals surface area contributed by atoms with E-state index in [0.717, 1.165) is 26.2 Å². The van der Waals surface area contributed by atoms with Crippen molar-refractivity contribution in [2.45, 2.75) is 12.5 Å². The third kappa shape index (κ3) is 3.99. The van der Waals surface area contributed by atoms with Gasteiger partial charge >= 0.3 is 0 Å². The number of amides is 1. The molecule has 0 aliphatic carbocycles. The van der Waals surface area contributed by atoms with Crippen molar-refractivity contribution in [2.75, 3.05) is 39.3 Å². The summed E-state index contributed by atoms with van der Waals surface area (Å²) in [5, 5.41) is 14.0. The molecular weight excluding hydrogens is 320 g/mol. The van der Waals surface area contributed by atoms with E-state index in [4.69, 9.17) is 0 Å². The molecule has 2 aliphatic rings. The summed E-state index contributed by atoms with van der Waals surface area (Å²) in [5.41, 5.74) is 0.525. The topological polar surface area (TPSA) is 78.7 Å². The molecule has 0 bridgehead atoms. The Morgan fingerprint density at radius 1 is 1.17 bits per heavy atom. The highest BCUT2D eigenvalue weighted by Gasteiger charge is 2.28. The third-order valence-corrected chi connectivity index (χ3v) is 4.48. The number of nitro benzene ring substituents is 1. The zero-order valence-electron chi connectivity index (χ0n) is 12.8. The van der Waals surface area contributed by atoms with E-state index in [9.17, 15) is 14.9 Å². The van der Waals surface area contributed by atoms with E-state index < -0.39 is 4.92 Å². The predicted octanol–water partition coefficient (Wildman–Crippen LogP) is 1.14. The van der Waals surface area contributed by atoms with Gasteiger partial charge in [0.15, 0.2) is 0 Å². The van der Waals surface area contributed by atoms with E-state index in [1.165, 1.54) is 30.7 Å². The highest BCUT2D eigenvalue weighted by atomic mass is 35.5. The summed E-state index contributed by atoms with van der Waals surface area (Å²) >= 11 is 0. The number of nitro groups is 1. The normalized spacial score (nSPS) is 21.7. The minimum absolute atomic E-state index is 0. The second-order valence-corrected chi connectivity index (χ2v) is 5.78. The number of nitrogens with one attached hydrogen (secondary N) is 1. The van der Waals surface area contributed by atoms with Crippen molar-refractivity contribution in [3.63, 3.8) is 0 Å². The van der Waals surface area contributed by atoms with Crippen molar-refractivity contribution < 1.29 is 9.72 Å². The van der Waals surface area contributed by atoms with Crippen LogP contribution in [0.1, 0.15) is 16.8 Å². The SMILES string of the molecule is Cl.O=C(c1ccc([N+](=O)[O-])cc1)N1CCN(C2CCNC2)CC1. The standard InChI is InChI=1S/C15H20N4O3.ClH/c20-15(12-1-3-13(4-2-12)19(21)22)18-9-7-17(8-10-18)14-5-6-16-11-14;/h1-4,14,16H,5-11H2;1H. The molecule has 23 heavy (non-hydrogen) atoms. The molecule has 0 radical (unpaired) electrons. The number of hydrogen-bond acceptors (Lipinski definition) is 5. The predicted molar refractivity (Wildman–Crippen MR) is 89.1 cm³/mol. The van der Waals surface area contributed by atoms with E-state index in [2.05, 4.69) is 10.2 Å². The summed E-state index contributed by atoms with van der Waals surface area (Å²) in [4.78, 5) is 26.9. The lowest BCUT2D eigenvalue weighted by molar-refractivity contribution is -0.384. The van der Waals surface area contributed by atoms with Crippen molar-refractivity contribution in [3.05, 3.63) is 39.9 Å². The Hall–Kier alpha value is -1.70. The lowest BCUT2D eigenvalue weighted by Crippen LogP contribution is -2.52. The molecule has 1 aromatic rings. The Morgan fingerprint density at radius 2 is 1.83 bits per heavy atom. The smallest absolute Gasteiger partial charge is 0.269 e. The lowest BCUT2D eigenvalue weighted by Gasteiger charge is -2.37. The molecule has 3 rings (SSSR count). The molecule has 1 amide bonds. The Bertz CT molecular complexity index is 552. The molecule has 7 nitrogen and oxygen atoms in total. The van der Waals surface area contributed by atoms with Gasteiger partial charge in [0.1, 0.15) is 0 Å². The lowest BCUT2D eigenvalue weighted by atomic mass is 10.1. The molecule has 1 unspecified atom stereocenters. The van der Waals surface area contributed by atoms with Crippen molar-refractivity contribution in [2.24, 2.45) is 0 Å². The van der Waals surface area contributed by atoms with Gasteiger partial charge in [0.25, 0.3) is 11.6 Å². The maximum atomic E-state index is 12.4. The average Bonchev–Trinajstić information content (AvgIpc) is 3.09. The van der Waals surface area contributed by atoms with Gasteiger partial charge in [-0.3, -0.25) is 19.8 Å². The van der Waals surface area contributed by atoms with E-state index in [1.54, 1.807) is 0 Å². The summed E-state index contributed by atoms with van der Waals surface area (Å²) in [6, 6.07) is 6.43. The fourth-order valence-electron chi connectivity index (χ4n) is 3.15. The molecule has 0 saturated carbocycles. The second-order valence-electron chi connectivity index (χ2n) is 5.78. The van der Waals surface area contributed by atoms with Crippen LogP contribution >= 0.6 is 12.4 Å². The number of carbonyl (C=O) groups excluding carboxylic acids is 1. The Labute approximate surface area is 141 Å². The quantitative estimate of drug-likeness (QED) is 0.659. The van der Waals surface area contributed by atoms with Gasteiger partial charge in [-0.1, -0.05) is 0 Å². The summed E-state index contributed by atoms with van der Waals surface area (Å²) in [7, 11) is 0. The minimum Gasteiger partial charge on any atom is -0.336 e. The first-order valence-electron chi connectivity index (χ1n) is 7.63. The number of piperazine rings is 1. The van der Waals surface area contributed by atoms with Gasteiger partial charge in [-0.25, -0.2) is 0 Å². The first kappa shape index (κ1) is 17.7. The van der Waals surface area contributed by atoms with Crippen LogP contribution in [0.4, 0.5) is 5.69 Å². The largest absolute Gasteiger partial charge is 0.336 e. The molecule has 2 heterocycles. The molecule has 1 aromatic carbocycles. The molecule has 0 spiro atoms. The Kier molecular flexibility index (Phi) is 5.92. The molecule has 126 valence electrons. The van der Waals surface area contributed by atoms with Crippen LogP contribution < -0.4 is 5.32 Å². The first-order chi connectivity index (χ1) is 10.6. The van der Waals surface area contributed by atoms with Gasteiger partial charge in [0.05, 0.1) is 4.92 Å². The van der Waals surface area contributed by atoms with Crippen LogP contribution in [0.3, 0.4) is 0 Å². The van der Waals surface area contributed by atoms with Gasteiger partial charge in [-0.2, -0.15) is 0 Å². The van der Waals surface area contributed by atoms with Crippen LogP contribution in [-0.2, 0) is 0 Å². The average molecular weight is 341 g/mol. The van der Waals surface area contributed by atoms with Gasteiger partial charge in [-0.15, -0.1) is 12.4 Å².